The summed E-state index contributed by atoms with van der Waals surface area (Å²) in [6, 6.07) is 7.32. The van der Waals surface area contributed by atoms with Crippen LogP contribution in [0.3, 0.4) is 0 Å². The van der Waals surface area contributed by atoms with E-state index in [9.17, 15) is 8.42 Å². The number of nitrogen functional groups attached to an aromatic ring is 1. The van der Waals surface area contributed by atoms with E-state index in [1.807, 2.05) is 25.1 Å². The number of para-hydroxylation sites is 1. The molecule has 0 radical (unpaired) electrons. The van der Waals surface area contributed by atoms with Gasteiger partial charge in [0.05, 0.1) is 5.75 Å². The van der Waals surface area contributed by atoms with Crippen molar-refractivity contribution >= 4 is 27.5 Å². The average molecular weight is 300 g/mol. The van der Waals surface area contributed by atoms with Crippen molar-refractivity contribution in [3.05, 3.63) is 36.9 Å². The molecule has 0 aliphatic heterocycles. The highest BCUT2D eigenvalue weighted by Crippen LogP contribution is 2.24. The van der Waals surface area contributed by atoms with Gasteiger partial charge in [-0.2, -0.15) is 0 Å². The number of rotatable bonds is 8. The fourth-order valence-corrected chi connectivity index (χ4v) is 4.20. The largest absolute Gasteiger partial charge is 0.398 e. The third-order valence-electron chi connectivity index (χ3n) is 2.43. The van der Waals surface area contributed by atoms with Gasteiger partial charge in [-0.15, -0.1) is 18.3 Å². The van der Waals surface area contributed by atoms with Crippen LogP contribution in [-0.4, -0.2) is 26.0 Å². The van der Waals surface area contributed by atoms with E-state index in [2.05, 4.69) is 11.3 Å². The first kappa shape index (κ1) is 16.1. The van der Waals surface area contributed by atoms with Gasteiger partial charge >= 0.3 is 0 Å². The predicted molar refractivity (Wildman–Crippen MR) is 82.8 cm³/mol. The lowest BCUT2D eigenvalue weighted by Gasteiger charge is -2.12. The molecule has 19 heavy (non-hydrogen) atoms. The number of sulfonamides is 1. The fourth-order valence-electron chi connectivity index (χ4n) is 1.54. The van der Waals surface area contributed by atoms with Crippen molar-refractivity contribution in [2.75, 3.05) is 17.2 Å². The molecule has 1 aromatic rings. The van der Waals surface area contributed by atoms with Crippen LogP contribution in [0.5, 0.6) is 0 Å². The standard InChI is InChI=1S/C13H20N2O2S2/c1-3-6-11(2)15-19(16,17)10-9-18-13-8-5-4-7-12(13)14/h3-5,7-8,11,15H,1,6,9-10,14H2,2H3. The maximum absolute atomic E-state index is 11.8. The van der Waals surface area contributed by atoms with Crippen LogP contribution in [0.2, 0.25) is 0 Å². The van der Waals surface area contributed by atoms with Crippen LogP contribution in [0.15, 0.2) is 41.8 Å². The van der Waals surface area contributed by atoms with Crippen LogP contribution in [0.1, 0.15) is 13.3 Å². The van der Waals surface area contributed by atoms with E-state index in [1.165, 1.54) is 11.8 Å². The summed E-state index contributed by atoms with van der Waals surface area (Å²) >= 11 is 1.45. The molecule has 6 heteroatoms. The number of anilines is 1. The Kier molecular flexibility index (Phi) is 6.41. The summed E-state index contributed by atoms with van der Waals surface area (Å²) in [7, 11) is -3.25. The molecule has 1 rings (SSSR count). The molecule has 0 heterocycles. The molecule has 1 atom stereocenters. The lowest BCUT2D eigenvalue weighted by Crippen LogP contribution is -2.34. The van der Waals surface area contributed by atoms with Crippen LogP contribution in [0.4, 0.5) is 5.69 Å². The summed E-state index contributed by atoms with van der Waals surface area (Å²) in [5, 5.41) is 0. The fraction of sp³-hybridized carbons (Fsp3) is 0.385. The van der Waals surface area contributed by atoms with Crippen molar-refractivity contribution in [3.8, 4) is 0 Å². The maximum Gasteiger partial charge on any atom is 0.212 e. The van der Waals surface area contributed by atoms with Crippen LogP contribution < -0.4 is 10.5 Å². The molecule has 0 saturated heterocycles. The Balaban J connectivity index is 2.44. The second-order valence-electron chi connectivity index (χ2n) is 4.25. The zero-order valence-corrected chi connectivity index (χ0v) is 12.6. The van der Waals surface area contributed by atoms with Gasteiger partial charge in [0, 0.05) is 22.4 Å². The molecule has 0 fully saturated rings. The summed E-state index contributed by atoms with van der Waals surface area (Å²) in [4.78, 5) is 0.914. The molecule has 0 bridgehead atoms. The SMILES string of the molecule is C=CCC(C)NS(=O)(=O)CCSc1ccccc1N. The van der Waals surface area contributed by atoms with Gasteiger partial charge in [-0.05, 0) is 25.5 Å². The molecule has 0 aromatic heterocycles. The Hall–Kier alpha value is -0.980. The average Bonchev–Trinajstić information content (AvgIpc) is 2.31. The maximum atomic E-state index is 11.8. The summed E-state index contributed by atoms with van der Waals surface area (Å²) in [5.74, 6) is 0.553. The monoisotopic (exact) mass is 300 g/mol. The Labute approximate surface area is 119 Å². The number of nitrogens with two attached hydrogens (primary N) is 1. The second-order valence-corrected chi connectivity index (χ2v) is 7.26. The van der Waals surface area contributed by atoms with Crippen molar-refractivity contribution in [1.82, 2.24) is 4.72 Å². The first-order valence-electron chi connectivity index (χ1n) is 6.03. The van der Waals surface area contributed by atoms with Crippen LogP contribution in [-0.2, 0) is 10.0 Å². The van der Waals surface area contributed by atoms with Crippen molar-refractivity contribution < 1.29 is 8.42 Å². The van der Waals surface area contributed by atoms with Crippen LogP contribution >= 0.6 is 11.8 Å². The summed E-state index contributed by atoms with van der Waals surface area (Å²) in [6.07, 6.45) is 2.32. The molecule has 4 nitrogen and oxygen atoms in total. The van der Waals surface area contributed by atoms with E-state index in [4.69, 9.17) is 5.73 Å². The third kappa shape index (κ3) is 6.13. The number of thioether (sulfide) groups is 1. The van der Waals surface area contributed by atoms with Crippen LogP contribution in [0, 0.1) is 0 Å². The van der Waals surface area contributed by atoms with Gasteiger partial charge in [0.25, 0.3) is 0 Å². The highest BCUT2D eigenvalue weighted by molar-refractivity contribution is 8.00. The number of nitrogens with one attached hydrogen (secondary N) is 1. The normalized spacial score (nSPS) is 13.1. The summed E-state index contributed by atoms with van der Waals surface area (Å²) in [6.45, 7) is 5.41. The van der Waals surface area contributed by atoms with Gasteiger partial charge in [0.2, 0.25) is 10.0 Å². The molecule has 0 amide bonds. The minimum atomic E-state index is -3.25. The van der Waals surface area contributed by atoms with Gasteiger partial charge < -0.3 is 5.73 Å². The van der Waals surface area contributed by atoms with E-state index < -0.39 is 10.0 Å². The minimum absolute atomic E-state index is 0.0769. The molecule has 106 valence electrons. The Morgan fingerprint density at radius 3 is 2.79 bits per heavy atom. The molecule has 0 aliphatic rings. The topological polar surface area (TPSA) is 72.2 Å². The third-order valence-corrected chi connectivity index (χ3v) is 5.28. The summed E-state index contributed by atoms with van der Waals surface area (Å²) in [5.41, 5.74) is 6.47. The van der Waals surface area contributed by atoms with E-state index in [1.54, 1.807) is 12.1 Å². The van der Waals surface area contributed by atoms with Gasteiger partial charge in [0.1, 0.15) is 0 Å². The lowest BCUT2D eigenvalue weighted by atomic mass is 10.3. The number of benzene rings is 1. The van der Waals surface area contributed by atoms with E-state index in [0.29, 0.717) is 17.9 Å². The zero-order valence-electron chi connectivity index (χ0n) is 11.0. The van der Waals surface area contributed by atoms with Crippen molar-refractivity contribution in [2.45, 2.75) is 24.3 Å². The Morgan fingerprint density at radius 2 is 2.16 bits per heavy atom. The quantitative estimate of drug-likeness (QED) is 0.439. The molecule has 0 saturated carbocycles. The first-order chi connectivity index (χ1) is 8.94. The predicted octanol–water partition coefficient (Wildman–Crippen LogP) is 2.24. The molecular weight excluding hydrogens is 280 g/mol. The zero-order chi connectivity index (χ0) is 14.3. The van der Waals surface area contributed by atoms with Gasteiger partial charge in [0.15, 0.2) is 0 Å². The van der Waals surface area contributed by atoms with E-state index in [-0.39, 0.29) is 11.8 Å². The van der Waals surface area contributed by atoms with Crippen molar-refractivity contribution in [2.24, 2.45) is 0 Å². The van der Waals surface area contributed by atoms with E-state index >= 15 is 0 Å². The Bertz CT molecular complexity index is 515. The van der Waals surface area contributed by atoms with Crippen LogP contribution in [0.25, 0.3) is 0 Å². The molecule has 1 unspecified atom stereocenters. The van der Waals surface area contributed by atoms with Crippen molar-refractivity contribution in [3.63, 3.8) is 0 Å². The molecular formula is C13H20N2O2S2. The smallest absolute Gasteiger partial charge is 0.212 e. The second kappa shape index (κ2) is 7.57. The van der Waals surface area contributed by atoms with Gasteiger partial charge in [-0.25, -0.2) is 13.1 Å². The highest BCUT2D eigenvalue weighted by atomic mass is 32.2. The molecule has 3 N–H and O–H groups in total. The lowest BCUT2D eigenvalue weighted by molar-refractivity contribution is 0.563. The summed E-state index contributed by atoms with van der Waals surface area (Å²) < 4.78 is 26.2. The number of hydrogen-bond acceptors (Lipinski definition) is 4. The molecule has 0 spiro atoms. The van der Waals surface area contributed by atoms with Crippen molar-refractivity contribution in [1.29, 1.82) is 0 Å². The van der Waals surface area contributed by atoms with Gasteiger partial charge in [-0.3, -0.25) is 0 Å². The Morgan fingerprint density at radius 1 is 1.47 bits per heavy atom. The first-order valence-corrected chi connectivity index (χ1v) is 8.66. The number of hydrogen-bond donors (Lipinski definition) is 2. The molecule has 0 aliphatic carbocycles. The van der Waals surface area contributed by atoms with E-state index in [0.717, 1.165) is 4.90 Å². The minimum Gasteiger partial charge on any atom is -0.398 e. The highest BCUT2D eigenvalue weighted by Gasteiger charge is 2.13. The van der Waals surface area contributed by atoms with Gasteiger partial charge in [-0.1, -0.05) is 18.2 Å². The molecule has 1 aromatic carbocycles.